The molecular weight excluding hydrogens is 196 g/mol. The number of ether oxygens (including phenoxy) is 1. The van der Waals surface area contributed by atoms with Crippen molar-refractivity contribution < 1.29 is 4.74 Å². The van der Waals surface area contributed by atoms with Crippen LogP contribution in [0.25, 0.3) is 0 Å². The summed E-state index contributed by atoms with van der Waals surface area (Å²) in [6.07, 6.45) is 14.2. The van der Waals surface area contributed by atoms with E-state index in [2.05, 4.69) is 13.8 Å². The molecule has 1 rings (SSSR count). The molecule has 0 spiro atoms. The molecule has 1 unspecified atom stereocenters. The summed E-state index contributed by atoms with van der Waals surface area (Å²) in [5.41, 5.74) is 0.524. The van der Waals surface area contributed by atoms with Gasteiger partial charge in [-0.3, -0.25) is 0 Å². The largest absolute Gasteiger partial charge is 0.381 e. The molecule has 1 aliphatic rings. The Morgan fingerprint density at radius 1 is 0.812 bits per heavy atom. The minimum atomic E-state index is 0.513. The lowest BCUT2D eigenvalue weighted by atomic mass is 9.81. The lowest BCUT2D eigenvalue weighted by Gasteiger charge is -2.27. The highest BCUT2D eigenvalue weighted by molar-refractivity contribution is 4.72. The molecule has 0 aromatic rings. The average molecular weight is 226 g/mol. The lowest BCUT2D eigenvalue weighted by Crippen LogP contribution is -2.18. The van der Waals surface area contributed by atoms with Crippen molar-refractivity contribution in [2.24, 2.45) is 5.41 Å². The number of rotatable bonds is 1. The van der Waals surface area contributed by atoms with Gasteiger partial charge in [-0.2, -0.15) is 0 Å². The standard InChI is InChI=1S/C15H30O/c1-15(2)12-9-7-5-4-6-8-10-14(16-3)11-13-15/h14H,4-13H2,1-3H3. The van der Waals surface area contributed by atoms with Crippen LogP contribution < -0.4 is 0 Å². The van der Waals surface area contributed by atoms with E-state index in [4.69, 9.17) is 4.74 Å². The molecule has 0 N–H and O–H groups in total. The van der Waals surface area contributed by atoms with Crippen molar-refractivity contribution in [3.05, 3.63) is 0 Å². The van der Waals surface area contributed by atoms with E-state index in [1.54, 1.807) is 0 Å². The first kappa shape index (κ1) is 14.0. The Bertz CT molecular complexity index is 174. The van der Waals surface area contributed by atoms with Gasteiger partial charge < -0.3 is 4.74 Å². The summed E-state index contributed by atoms with van der Waals surface area (Å²) in [5.74, 6) is 0. The van der Waals surface area contributed by atoms with E-state index in [0.717, 1.165) is 0 Å². The molecule has 1 fully saturated rings. The fraction of sp³-hybridized carbons (Fsp3) is 1.00. The lowest BCUT2D eigenvalue weighted by molar-refractivity contribution is 0.0715. The van der Waals surface area contributed by atoms with Crippen molar-refractivity contribution in [2.45, 2.75) is 84.2 Å². The van der Waals surface area contributed by atoms with E-state index in [9.17, 15) is 0 Å². The Morgan fingerprint density at radius 2 is 1.44 bits per heavy atom. The zero-order valence-electron chi connectivity index (χ0n) is 11.6. The Kier molecular flexibility index (Phi) is 6.41. The summed E-state index contributed by atoms with van der Waals surface area (Å²) in [7, 11) is 1.88. The van der Waals surface area contributed by atoms with Gasteiger partial charge in [0, 0.05) is 7.11 Å². The molecule has 1 saturated carbocycles. The quantitative estimate of drug-likeness (QED) is 0.615. The van der Waals surface area contributed by atoms with Gasteiger partial charge in [-0.05, 0) is 31.1 Å². The monoisotopic (exact) mass is 226 g/mol. The zero-order chi connectivity index (χ0) is 11.9. The molecule has 0 saturated heterocycles. The second-order valence-corrected chi connectivity index (χ2v) is 6.22. The number of methoxy groups -OCH3 is 1. The summed E-state index contributed by atoms with van der Waals surface area (Å²) in [5, 5.41) is 0. The zero-order valence-corrected chi connectivity index (χ0v) is 11.6. The SMILES string of the molecule is COC1CCCCCCCCC(C)(C)CC1. The first-order chi connectivity index (χ1) is 7.64. The van der Waals surface area contributed by atoms with Crippen LogP contribution in [0.2, 0.25) is 0 Å². The third-order valence-electron chi connectivity index (χ3n) is 4.11. The third-order valence-corrected chi connectivity index (χ3v) is 4.11. The molecule has 16 heavy (non-hydrogen) atoms. The molecule has 0 aliphatic heterocycles. The molecule has 1 atom stereocenters. The van der Waals surface area contributed by atoms with Crippen LogP contribution in [-0.2, 0) is 4.74 Å². The van der Waals surface area contributed by atoms with Crippen molar-refractivity contribution >= 4 is 0 Å². The minimum Gasteiger partial charge on any atom is -0.381 e. The van der Waals surface area contributed by atoms with E-state index >= 15 is 0 Å². The first-order valence-electron chi connectivity index (χ1n) is 7.17. The topological polar surface area (TPSA) is 9.23 Å². The van der Waals surface area contributed by atoms with Crippen LogP contribution in [0.4, 0.5) is 0 Å². The van der Waals surface area contributed by atoms with Crippen LogP contribution in [0.3, 0.4) is 0 Å². The van der Waals surface area contributed by atoms with Gasteiger partial charge in [-0.1, -0.05) is 52.4 Å². The van der Waals surface area contributed by atoms with E-state index in [0.29, 0.717) is 11.5 Å². The maximum Gasteiger partial charge on any atom is 0.0571 e. The van der Waals surface area contributed by atoms with Gasteiger partial charge >= 0.3 is 0 Å². The molecule has 1 nitrogen and oxygen atoms in total. The smallest absolute Gasteiger partial charge is 0.0571 e. The van der Waals surface area contributed by atoms with Gasteiger partial charge in [0.1, 0.15) is 0 Å². The van der Waals surface area contributed by atoms with E-state index in [1.165, 1.54) is 64.2 Å². The van der Waals surface area contributed by atoms with Crippen LogP contribution >= 0.6 is 0 Å². The molecule has 0 heterocycles. The Hall–Kier alpha value is -0.0400. The second kappa shape index (κ2) is 7.32. The van der Waals surface area contributed by atoms with E-state index in [1.807, 2.05) is 7.11 Å². The van der Waals surface area contributed by atoms with Crippen molar-refractivity contribution in [3.63, 3.8) is 0 Å². The molecular formula is C15H30O. The number of hydrogen-bond donors (Lipinski definition) is 0. The van der Waals surface area contributed by atoms with Gasteiger partial charge in [-0.25, -0.2) is 0 Å². The van der Waals surface area contributed by atoms with E-state index < -0.39 is 0 Å². The van der Waals surface area contributed by atoms with Crippen molar-refractivity contribution in [3.8, 4) is 0 Å². The van der Waals surface area contributed by atoms with Crippen LogP contribution in [0.5, 0.6) is 0 Å². The maximum absolute atomic E-state index is 5.59. The number of hydrogen-bond acceptors (Lipinski definition) is 1. The van der Waals surface area contributed by atoms with Crippen molar-refractivity contribution in [1.82, 2.24) is 0 Å². The summed E-state index contributed by atoms with van der Waals surface area (Å²) >= 11 is 0. The fourth-order valence-electron chi connectivity index (χ4n) is 2.74. The van der Waals surface area contributed by atoms with Crippen molar-refractivity contribution in [2.75, 3.05) is 7.11 Å². The maximum atomic E-state index is 5.59. The van der Waals surface area contributed by atoms with E-state index in [-0.39, 0.29) is 0 Å². The van der Waals surface area contributed by atoms with Gasteiger partial charge in [0.25, 0.3) is 0 Å². The highest BCUT2D eigenvalue weighted by atomic mass is 16.5. The third kappa shape index (κ3) is 5.89. The molecule has 0 radical (unpaired) electrons. The van der Waals surface area contributed by atoms with Gasteiger partial charge in [0.2, 0.25) is 0 Å². The molecule has 96 valence electrons. The van der Waals surface area contributed by atoms with Crippen LogP contribution in [0.1, 0.15) is 78.1 Å². The Balaban J connectivity index is 2.40. The normalized spacial score (nSPS) is 29.1. The van der Waals surface area contributed by atoms with Crippen LogP contribution in [0, 0.1) is 5.41 Å². The Morgan fingerprint density at radius 3 is 2.12 bits per heavy atom. The highest BCUT2D eigenvalue weighted by Crippen LogP contribution is 2.31. The van der Waals surface area contributed by atoms with Gasteiger partial charge in [-0.15, -0.1) is 0 Å². The molecule has 0 aromatic carbocycles. The summed E-state index contributed by atoms with van der Waals surface area (Å²) in [6.45, 7) is 4.84. The predicted octanol–water partition coefficient (Wildman–Crippen LogP) is 4.94. The highest BCUT2D eigenvalue weighted by Gasteiger charge is 2.20. The second-order valence-electron chi connectivity index (χ2n) is 6.22. The first-order valence-corrected chi connectivity index (χ1v) is 7.17. The fourth-order valence-corrected chi connectivity index (χ4v) is 2.74. The molecule has 0 amide bonds. The molecule has 1 heteroatoms. The summed E-state index contributed by atoms with van der Waals surface area (Å²) in [6, 6.07) is 0. The molecule has 0 aromatic heterocycles. The summed E-state index contributed by atoms with van der Waals surface area (Å²) in [4.78, 5) is 0. The van der Waals surface area contributed by atoms with Crippen LogP contribution in [-0.4, -0.2) is 13.2 Å². The molecule has 1 aliphatic carbocycles. The average Bonchev–Trinajstić information content (AvgIpc) is 2.24. The predicted molar refractivity (Wildman–Crippen MR) is 70.7 cm³/mol. The molecule has 0 bridgehead atoms. The summed E-state index contributed by atoms with van der Waals surface area (Å²) < 4.78 is 5.59. The van der Waals surface area contributed by atoms with Crippen LogP contribution in [0.15, 0.2) is 0 Å². The van der Waals surface area contributed by atoms with Gasteiger partial charge in [0.15, 0.2) is 0 Å². The Labute approximate surface area is 102 Å². The van der Waals surface area contributed by atoms with Crippen molar-refractivity contribution in [1.29, 1.82) is 0 Å². The van der Waals surface area contributed by atoms with Gasteiger partial charge in [0.05, 0.1) is 6.10 Å². The minimum absolute atomic E-state index is 0.513.